The maximum Gasteiger partial charge on any atom is 0.181 e. The first-order valence-electron chi connectivity index (χ1n) is 7.29. The van der Waals surface area contributed by atoms with Crippen molar-refractivity contribution in [3.8, 4) is 0 Å². The van der Waals surface area contributed by atoms with Crippen LogP contribution < -0.4 is 0 Å². The van der Waals surface area contributed by atoms with Crippen molar-refractivity contribution in [2.24, 2.45) is 0 Å². The number of sulfone groups is 1. The Morgan fingerprint density at radius 3 is 2.62 bits per heavy atom. The molecule has 0 aliphatic heterocycles. The molecule has 5 heteroatoms. The van der Waals surface area contributed by atoms with Crippen molar-refractivity contribution in [2.75, 3.05) is 5.75 Å². The minimum Gasteiger partial charge on any atom is -0.464 e. The van der Waals surface area contributed by atoms with E-state index in [0.717, 1.165) is 19.3 Å². The Bertz CT molecular complexity index is 751. The molecule has 0 saturated heterocycles. The minimum atomic E-state index is -3.37. The number of Topliss-reactive ketones (excluding diaryl/α,β-unsaturated/α-hetero) is 1. The van der Waals surface area contributed by atoms with E-state index in [0.29, 0.717) is 29.4 Å². The third-order valence-electron chi connectivity index (χ3n) is 4.17. The SMILES string of the molecule is O=C(CS(=O)(=O)C1CCCCC1)c1coc2ccccc12. The standard InChI is InChI=1S/C16H18O4S/c17-15(11-21(18,19)12-6-2-1-3-7-12)14-10-20-16-9-5-4-8-13(14)16/h4-5,8-10,12H,1-3,6-7,11H2. The van der Waals surface area contributed by atoms with Gasteiger partial charge in [0.15, 0.2) is 15.6 Å². The number of para-hydroxylation sites is 1. The van der Waals surface area contributed by atoms with Gasteiger partial charge in [0.2, 0.25) is 0 Å². The van der Waals surface area contributed by atoms with E-state index in [9.17, 15) is 13.2 Å². The summed E-state index contributed by atoms with van der Waals surface area (Å²) in [6.45, 7) is 0. The lowest BCUT2D eigenvalue weighted by molar-refractivity contribution is 0.102. The van der Waals surface area contributed by atoms with E-state index >= 15 is 0 Å². The molecule has 0 atom stereocenters. The van der Waals surface area contributed by atoms with Gasteiger partial charge in [-0.25, -0.2) is 8.42 Å². The van der Waals surface area contributed by atoms with Crippen LogP contribution in [0.2, 0.25) is 0 Å². The van der Waals surface area contributed by atoms with Gasteiger partial charge in [0, 0.05) is 5.39 Å². The van der Waals surface area contributed by atoms with E-state index in [4.69, 9.17) is 4.42 Å². The topological polar surface area (TPSA) is 64.3 Å². The van der Waals surface area contributed by atoms with Crippen LogP contribution in [0.15, 0.2) is 34.9 Å². The van der Waals surface area contributed by atoms with Crippen molar-refractivity contribution in [1.82, 2.24) is 0 Å². The van der Waals surface area contributed by atoms with Gasteiger partial charge >= 0.3 is 0 Å². The number of carbonyl (C=O) groups excluding carboxylic acids is 1. The smallest absolute Gasteiger partial charge is 0.181 e. The fourth-order valence-corrected chi connectivity index (χ4v) is 4.80. The molecule has 2 aromatic rings. The monoisotopic (exact) mass is 306 g/mol. The molecule has 1 aromatic heterocycles. The average Bonchev–Trinajstić information content (AvgIpc) is 2.92. The second kappa shape index (κ2) is 5.64. The number of hydrogen-bond acceptors (Lipinski definition) is 4. The first kappa shape index (κ1) is 14.3. The molecule has 0 N–H and O–H groups in total. The van der Waals surface area contributed by atoms with E-state index < -0.39 is 15.6 Å². The van der Waals surface area contributed by atoms with Gasteiger partial charge < -0.3 is 4.42 Å². The van der Waals surface area contributed by atoms with Crippen molar-refractivity contribution >= 4 is 26.6 Å². The van der Waals surface area contributed by atoms with Gasteiger partial charge in [0.05, 0.1) is 10.8 Å². The molecule has 1 heterocycles. The third-order valence-corrected chi connectivity index (χ3v) is 6.33. The molecule has 0 radical (unpaired) electrons. The van der Waals surface area contributed by atoms with Crippen LogP contribution in [0.5, 0.6) is 0 Å². The van der Waals surface area contributed by atoms with Crippen LogP contribution in [0, 0.1) is 0 Å². The number of furan rings is 1. The lowest BCUT2D eigenvalue weighted by Crippen LogP contribution is -2.29. The predicted molar refractivity (Wildman–Crippen MR) is 81.2 cm³/mol. The summed E-state index contributed by atoms with van der Waals surface area (Å²) in [5.41, 5.74) is 0.973. The second-order valence-corrected chi connectivity index (χ2v) is 7.92. The number of rotatable bonds is 4. The Balaban J connectivity index is 1.82. The molecule has 21 heavy (non-hydrogen) atoms. The highest BCUT2D eigenvalue weighted by Crippen LogP contribution is 2.26. The molecule has 0 unspecified atom stereocenters. The second-order valence-electron chi connectivity index (χ2n) is 5.64. The fourth-order valence-electron chi connectivity index (χ4n) is 3.00. The van der Waals surface area contributed by atoms with Gasteiger partial charge in [-0.2, -0.15) is 0 Å². The van der Waals surface area contributed by atoms with E-state index in [1.807, 2.05) is 12.1 Å². The molecule has 4 nitrogen and oxygen atoms in total. The predicted octanol–water partition coefficient (Wildman–Crippen LogP) is 3.36. The molecule has 1 aliphatic carbocycles. The Kier molecular flexibility index (Phi) is 3.85. The molecular formula is C16H18O4S. The maximum absolute atomic E-state index is 12.4. The summed E-state index contributed by atoms with van der Waals surface area (Å²) >= 11 is 0. The summed E-state index contributed by atoms with van der Waals surface area (Å²) < 4.78 is 30.1. The van der Waals surface area contributed by atoms with Crippen molar-refractivity contribution in [3.63, 3.8) is 0 Å². The Hall–Kier alpha value is -1.62. The Morgan fingerprint density at radius 2 is 1.86 bits per heavy atom. The zero-order chi connectivity index (χ0) is 14.9. The van der Waals surface area contributed by atoms with Crippen molar-refractivity contribution in [3.05, 3.63) is 36.1 Å². The van der Waals surface area contributed by atoms with Crippen LogP contribution in [-0.4, -0.2) is 25.2 Å². The van der Waals surface area contributed by atoms with Crippen LogP contribution in [0.4, 0.5) is 0 Å². The van der Waals surface area contributed by atoms with Crippen LogP contribution in [0.3, 0.4) is 0 Å². The minimum absolute atomic E-state index is 0.353. The molecule has 112 valence electrons. The van der Waals surface area contributed by atoms with E-state index in [1.54, 1.807) is 12.1 Å². The molecule has 1 saturated carbocycles. The van der Waals surface area contributed by atoms with Crippen molar-refractivity contribution in [2.45, 2.75) is 37.4 Å². The third kappa shape index (κ3) is 2.88. The van der Waals surface area contributed by atoms with Gasteiger partial charge in [0.1, 0.15) is 17.6 Å². The first-order chi connectivity index (χ1) is 10.1. The van der Waals surface area contributed by atoms with Gasteiger partial charge in [-0.3, -0.25) is 4.79 Å². The number of ketones is 1. The van der Waals surface area contributed by atoms with Gasteiger partial charge in [0.25, 0.3) is 0 Å². The zero-order valence-electron chi connectivity index (χ0n) is 11.7. The van der Waals surface area contributed by atoms with E-state index in [-0.39, 0.29) is 11.0 Å². The summed E-state index contributed by atoms with van der Waals surface area (Å²) in [5, 5.41) is 0.328. The van der Waals surface area contributed by atoms with Crippen LogP contribution in [0.1, 0.15) is 42.5 Å². The molecule has 0 spiro atoms. The lowest BCUT2D eigenvalue weighted by Gasteiger charge is -2.21. The van der Waals surface area contributed by atoms with E-state index in [2.05, 4.69) is 0 Å². The summed E-state index contributed by atoms with van der Waals surface area (Å²) in [6.07, 6.45) is 5.69. The van der Waals surface area contributed by atoms with E-state index in [1.165, 1.54) is 6.26 Å². The maximum atomic E-state index is 12.4. The first-order valence-corrected chi connectivity index (χ1v) is 9.00. The highest BCUT2D eigenvalue weighted by molar-refractivity contribution is 7.92. The average molecular weight is 306 g/mol. The highest BCUT2D eigenvalue weighted by Gasteiger charge is 2.30. The highest BCUT2D eigenvalue weighted by atomic mass is 32.2. The summed E-state index contributed by atoms with van der Waals surface area (Å²) in [6, 6.07) is 7.17. The molecule has 1 aromatic carbocycles. The quantitative estimate of drug-likeness (QED) is 0.812. The Morgan fingerprint density at radius 1 is 1.14 bits per heavy atom. The number of fused-ring (bicyclic) bond motifs is 1. The number of hydrogen-bond donors (Lipinski definition) is 0. The van der Waals surface area contributed by atoms with Crippen LogP contribution in [-0.2, 0) is 9.84 Å². The zero-order valence-corrected chi connectivity index (χ0v) is 12.6. The van der Waals surface area contributed by atoms with Crippen LogP contribution in [0.25, 0.3) is 11.0 Å². The Labute approximate surface area is 124 Å². The summed E-state index contributed by atoms with van der Waals surface area (Å²) in [4.78, 5) is 12.3. The molecular weight excluding hydrogens is 288 g/mol. The summed E-state index contributed by atoms with van der Waals surface area (Å²) in [7, 11) is -3.37. The number of benzene rings is 1. The van der Waals surface area contributed by atoms with Crippen LogP contribution >= 0.6 is 0 Å². The lowest BCUT2D eigenvalue weighted by atomic mass is 10.0. The molecule has 0 bridgehead atoms. The van der Waals surface area contributed by atoms with Gasteiger partial charge in [-0.15, -0.1) is 0 Å². The fraction of sp³-hybridized carbons (Fsp3) is 0.438. The number of carbonyl (C=O) groups is 1. The molecule has 3 rings (SSSR count). The van der Waals surface area contributed by atoms with Crippen molar-refractivity contribution in [1.29, 1.82) is 0 Å². The normalized spacial score (nSPS) is 17.1. The molecule has 1 aliphatic rings. The van der Waals surface area contributed by atoms with Gasteiger partial charge in [-0.1, -0.05) is 37.5 Å². The largest absolute Gasteiger partial charge is 0.464 e. The molecule has 1 fully saturated rings. The molecule has 0 amide bonds. The van der Waals surface area contributed by atoms with Crippen molar-refractivity contribution < 1.29 is 17.6 Å². The summed E-state index contributed by atoms with van der Waals surface area (Å²) in [5.74, 6) is -0.785. The van der Waals surface area contributed by atoms with Gasteiger partial charge in [-0.05, 0) is 18.9 Å².